The summed E-state index contributed by atoms with van der Waals surface area (Å²) in [7, 11) is 0. The van der Waals surface area contributed by atoms with E-state index in [2.05, 4.69) is 5.32 Å². The summed E-state index contributed by atoms with van der Waals surface area (Å²) in [5.41, 5.74) is 1.31. The zero-order valence-electron chi connectivity index (χ0n) is 10.9. The van der Waals surface area contributed by atoms with Crippen LogP contribution in [0.4, 0.5) is 11.4 Å². The van der Waals surface area contributed by atoms with Crippen LogP contribution < -0.4 is 5.32 Å². The maximum Gasteiger partial charge on any atom is 0.271 e. The number of nitrogens with one attached hydrogen (secondary N) is 1. The summed E-state index contributed by atoms with van der Waals surface area (Å²) in [6, 6.07) is 4.46. The first-order chi connectivity index (χ1) is 8.45. The monoisotopic (exact) mass is 250 g/mol. The summed E-state index contributed by atoms with van der Waals surface area (Å²) >= 11 is 0. The Labute approximate surface area is 106 Å². The second-order valence-corrected chi connectivity index (χ2v) is 4.44. The lowest BCUT2D eigenvalue weighted by Crippen LogP contribution is -2.20. The smallest absolute Gasteiger partial charge is 0.271 e. The Kier molecular flexibility index (Phi) is 4.83. The SMILES string of the molecule is CCCC(C)C(=O)Nc1cc([N+](=O)[O-])ccc1C. The molecule has 0 aliphatic carbocycles. The van der Waals surface area contributed by atoms with E-state index in [4.69, 9.17) is 0 Å². The Morgan fingerprint density at radius 1 is 1.50 bits per heavy atom. The highest BCUT2D eigenvalue weighted by Gasteiger charge is 2.15. The molecule has 98 valence electrons. The van der Waals surface area contributed by atoms with Gasteiger partial charge in [-0.05, 0) is 18.9 Å². The molecule has 0 saturated heterocycles. The molecule has 0 radical (unpaired) electrons. The summed E-state index contributed by atoms with van der Waals surface area (Å²) in [6.45, 7) is 5.68. The topological polar surface area (TPSA) is 72.2 Å². The molecule has 0 aromatic heterocycles. The molecule has 18 heavy (non-hydrogen) atoms. The molecule has 0 aliphatic heterocycles. The van der Waals surface area contributed by atoms with Gasteiger partial charge in [0.15, 0.2) is 0 Å². The number of hydrogen-bond donors (Lipinski definition) is 1. The maximum absolute atomic E-state index is 11.9. The third kappa shape index (κ3) is 3.55. The molecule has 0 aliphatic rings. The van der Waals surface area contributed by atoms with Gasteiger partial charge in [0.25, 0.3) is 5.69 Å². The van der Waals surface area contributed by atoms with Crippen molar-refractivity contribution in [2.75, 3.05) is 5.32 Å². The molecule has 5 heteroatoms. The van der Waals surface area contributed by atoms with Gasteiger partial charge in [0, 0.05) is 18.1 Å². The number of nitrogens with zero attached hydrogens (tertiary/aromatic N) is 1. The highest BCUT2D eigenvalue weighted by molar-refractivity contribution is 5.93. The quantitative estimate of drug-likeness (QED) is 0.643. The number of nitro benzene ring substituents is 1. The van der Waals surface area contributed by atoms with Gasteiger partial charge in [0.1, 0.15) is 0 Å². The van der Waals surface area contributed by atoms with Crippen LogP contribution in [0.2, 0.25) is 0 Å². The number of benzene rings is 1. The number of carbonyl (C=O) groups excluding carboxylic acids is 1. The first-order valence-corrected chi connectivity index (χ1v) is 6.01. The van der Waals surface area contributed by atoms with Crippen molar-refractivity contribution in [1.82, 2.24) is 0 Å². The number of amides is 1. The standard InChI is InChI=1S/C13H18N2O3/c1-4-5-10(3)13(16)14-12-8-11(15(17)18)7-6-9(12)2/h6-8,10H,4-5H2,1-3H3,(H,14,16). The highest BCUT2D eigenvalue weighted by Crippen LogP contribution is 2.22. The fourth-order valence-electron chi connectivity index (χ4n) is 1.68. The molecule has 1 aromatic rings. The molecule has 1 aromatic carbocycles. The van der Waals surface area contributed by atoms with Crippen LogP contribution in [0.3, 0.4) is 0 Å². The molecule has 0 heterocycles. The number of aryl methyl sites for hydroxylation is 1. The Balaban J connectivity index is 2.86. The normalized spacial score (nSPS) is 11.9. The van der Waals surface area contributed by atoms with Gasteiger partial charge in [0.2, 0.25) is 5.91 Å². The fourth-order valence-corrected chi connectivity index (χ4v) is 1.68. The molecule has 1 N–H and O–H groups in total. The van der Waals surface area contributed by atoms with E-state index in [0.717, 1.165) is 18.4 Å². The average Bonchev–Trinajstić information content (AvgIpc) is 2.31. The Morgan fingerprint density at radius 3 is 2.72 bits per heavy atom. The molecule has 1 unspecified atom stereocenters. The third-order valence-electron chi connectivity index (χ3n) is 2.86. The molecule has 0 saturated carbocycles. The second kappa shape index (κ2) is 6.14. The minimum Gasteiger partial charge on any atom is -0.325 e. The molecular formula is C13H18N2O3. The predicted molar refractivity (Wildman–Crippen MR) is 70.5 cm³/mol. The van der Waals surface area contributed by atoms with Gasteiger partial charge in [-0.15, -0.1) is 0 Å². The van der Waals surface area contributed by atoms with E-state index in [9.17, 15) is 14.9 Å². The molecule has 1 amide bonds. The van der Waals surface area contributed by atoms with Gasteiger partial charge >= 0.3 is 0 Å². The van der Waals surface area contributed by atoms with Gasteiger partial charge < -0.3 is 5.32 Å². The van der Waals surface area contributed by atoms with E-state index in [1.165, 1.54) is 12.1 Å². The van der Waals surface area contributed by atoms with Gasteiger partial charge in [0.05, 0.1) is 10.6 Å². The van der Waals surface area contributed by atoms with Crippen molar-refractivity contribution in [1.29, 1.82) is 0 Å². The van der Waals surface area contributed by atoms with Crippen molar-refractivity contribution in [2.24, 2.45) is 5.92 Å². The maximum atomic E-state index is 11.9. The summed E-state index contributed by atoms with van der Waals surface area (Å²) in [5, 5.41) is 13.4. The lowest BCUT2D eigenvalue weighted by atomic mass is 10.0. The molecule has 1 rings (SSSR count). The lowest BCUT2D eigenvalue weighted by Gasteiger charge is -2.12. The van der Waals surface area contributed by atoms with Crippen molar-refractivity contribution < 1.29 is 9.72 Å². The lowest BCUT2D eigenvalue weighted by molar-refractivity contribution is -0.384. The van der Waals surface area contributed by atoms with Gasteiger partial charge in [-0.1, -0.05) is 26.3 Å². The molecule has 0 bridgehead atoms. The van der Waals surface area contributed by atoms with Crippen LogP contribution in [0.1, 0.15) is 32.3 Å². The van der Waals surface area contributed by atoms with E-state index in [0.29, 0.717) is 5.69 Å². The third-order valence-corrected chi connectivity index (χ3v) is 2.86. The number of non-ortho nitro benzene ring substituents is 1. The number of anilines is 1. The van der Waals surface area contributed by atoms with Crippen LogP contribution in [0.25, 0.3) is 0 Å². The first-order valence-electron chi connectivity index (χ1n) is 6.01. The largest absolute Gasteiger partial charge is 0.325 e. The van der Waals surface area contributed by atoms with Crippen molar-refractivity contribution in [2.45, 2.75) is 33.6 Å². The number of hydrogen-bond acceptors (Lipinski definition) is 3. The molecule has 1 atom stereocenters. The van der Waals surface area contributed by atoms with Gasteiger partial charge in [-0.3, -0.25) is 14.9 Å². The van der Waals surface area contributed by atoms with E-state index < -0.39 is 4.92 Å². The van der Waals surface area contributed by atoms with Crippen LogP contribution >= 0.6 is 0 Å². The molecule has 5 nitrogen and oxygen atoms in total. The van der Waals surface area contributed by atoms with Crippen molar-refractivity contribution >= 4 is 17.3 Å². The molecule has 0 fully saturated rings. The zero-order valence-corrected chi connectivity index (χ0v) is 10.9. The predicted octanol–water partition coefficient (Wildman–Crippen LogP) is 3.28. The van der Waals surface area contributed by atoms with Crippen molar-refractivity contribution in [3.63, 3.8) is 0 Å². The second-order valence-electron chi connectivity index (χ2n) is 4.44. The summed E-state index contributed by atoms with van der Waals surface area (Å²) < 4.78 is 0. The van der Waals surface area contributed by atoms with E-state index in [1.54, 1.807) is 6.07 Å². The Hall–Kier alpha value is -1.91. The number of rotatable bonds is 5. The summed E-state index contributed by atoms with van der Waals surface area (Å²) in [5.74, 6) is -0.186. The van der Waals surface area contributed by atoms with Crippen LogP contribution in [0.5, 0.6) is 0 Å². The summed E-state index contributed by atoms with van der Waals surface area (Å²) in [4.78, 5) is 22.1. The minimum absolute atomic E-state index is 0.0148. The van der Waals surface area contributed by atoms with Crippen molar-refractivity contribution in [3.8, 4) is 0 Å². The van der Waals surface area contributed by atoms with E-state index >= 15 is 0 Å². The van der Waals surface area contributed by atoms with E-state index in [1.807, 2.05) is 20.8 Å². The van der Waals surface area contributed by atoms with Crippen LogP contribution in [0, 0.1) is 23.0 Å². The van der Waals surface area contributed by atoms with Crippen molar-refractivity contribution in [3.05, 3.63) is 33.9 Å². The number of carbonyl (C=O) groups is 1. The molecule has 0 spiro atoms. The summed E-state index contributed by atoms with van der Waals surface area (Å²) in [6.07, 6.45) is 1.74. The number of nitro groups is 1. The van der Waals surface area contributed by atoms with Crippen LogP contribution in [-0.4, -0.2) is 10.8 Å². The fraction of sp³-hybridized carbons (Fsp3) is 0.462. The molecular weight excluding hydrogens is 232 g/mol. The van der Waals surface area contributed by atoms with E-state index in [-0.39, 0.29) is 17.5 Å². The van der Waals surface area contributed by atoms with Gasteiger partial charge in [-0.25, -0.2) is 0 Å². The zero-order chi connectivity index (χ0) is 13.7. The van der Waals surface area contributed by atoms with Crippen LogP contribution in [0.15, 0.2) is 18.2 Å². The van der Waals surface area contributed by atoms with Crippen LogP contribution in [-0.2, 0) is 4.79 Å². The Bertz CT molecular complexity index is 458. The highest BCUT2D eigenvalue weighted by atomic mass is 16.6. The average molecular weight is 250 g/mol. The Morgan fingerprint density at radius 2 is 2.17 bits per heavy atom. The van der Waals surface area contributed by atoms with Gasteiger partial charge in [-0.2, -0.15) is 0 Å². The first kappa shape index (κ1) is 14.2. The minimum atomic E-state index is -0.468.